The number of nitrogens with one attached hydrogen (secondary N) is 1. The van der Waals surface area contributed by atoms with E-state index < -0.39 is 0 Å². The summed E-state index contributed by atoms with van der Waals surface area (Å²) in [7, 11) is 4.07. The van der Waals surface area contributed by atoms with Crippen LogP contribution in [0.25, 0.3) is 11.3 Å². The average molecular weight is 416 g/mol. The highest BCUT2D eigenvalue weighted by Gasteiger charge is 2.17. The van der Waals surface area contributed by atoms with E-state index in [1.165, 1.54) is 6.42 Å². The summed E-state index contributed by atoms with van der Waals surface area (Å²) in [4.78, 5) is 2.09. The number of hydrogen-bond donors (Lipinski definition) is 1. The van der Waals surface area contributed by atoms with Gasteiger partial charge in [0.15, 0.2) is 0 Å². The normalized spacial score (nSPS) is 15.7. The van der Waals surface area contributed by atoms with Gasteiger partial charge in [0.2, 0.25) is 0 Å². The van der Waals surface area contributed by atoms with Crippen LogP contribution in [0, 0.1) is 11.8 Å². The molecule has 6 nitrogen and oxygen atoms in total. The summed E-state index contributed by atoms with van der Waals surface area (Å²) in [5.41, 5.74) is 5.04. The maximum atomic E-state index is 5.83. The fourth-order valence-electron chi connectivity index (χ4n) is 3.72. The minimum atomic E-state index is 0.235. The van der Waals surface area contributed by atoms with Crippen LogP contribution >= 0.6 is 0 Å². The van der Waals surface area contributed by atoms with Gasteiger partial charge in [-0.15, -0.1) is 5.10 Å². The Labute approximate surface area is 184 Å². The van der Waals surface area contributed by atoms with Crippen molar-refractivity contribution in [3.8, 4) is 23.1 Å². The molecule has 1 aliphatic heterocycles. The first-order chi connectivity index (χ1) is 15.2. The Bertz CT molecular complexity index is 1040. The van der Waals surface area contributed by atoms with Gasteiger partial charge in [-0.05, 0) is 49.6 Å². The molecular formula is C25H29N5O. The molecule has 1 N–H and O–H groups in total. The van der Waals surface area contributed by atoms with Crippen LogP contribution in [-0.4, -0.2) is 48.3 Å². The van der Waals surface area contributed by atoms with Crippen LogP contribution in [0.1, 0.15) is 24.8 Å². The molecule has 1 aliphatic rings. The topological polar surface area (TPSA) is 55.2 Å². The van der Waals surface area contributed by atoms with Crippen LogP contribution in [0.5, 0.6) is 0 Å². The molecule has 0 aliphatic carbocycles. The zero-order valence-corrected chi connectivity index (χ0v) is 18.2. The molecule has 31 heavy (non-hydrogen) atoms. The Morgan fingerprint density at radius 2 is 2.03 bits per heavy atom. The lowest BCUT2D eigenvalue weighted by Gasteiger charge is -2.21. The second kappa shape index (κ2) is 10.1. The van der Waals surface area contributed by atoms with Gasteiger partial charge in [-0.3, -0.25) is 0 Å². The first-order valence-electron chi connectivity index (χ1n) is 10.8. The van der Waals surface area contributed by atoms with Crippen LogP contribution in [0.3, 0.4) is 0 Å². The molecule has 1 fully saturated rings. The van der Waals surface area contributed by atoms with Gasteiger partial charge in [-0.1, -0.05) is 35.3 Å². The fourth-order valence-corrected chi connectivity index (χ4v) is 3.72. The van der Waals surface area contributed by atoms with Gasteiger partial charge in [0.25, 0.3) is 0 Å². The monoisotopic (exact) mass is 415 g/mol. The molecule has 0 amide bonds. The first-order valence-corrected chi connectivity index (χ1v) is 10.8. The molecule has 1 saturated heterocycles. The Hall–Kier alpha value is -3.30. The van der Waals surface area contributed by atoms with Gasteiger partial charge in [0.1, 0.15) is 5.69 Å². The van der Waals surface area contributed by atoms with Gasteiger partial charge in [-0.25, -0.2) is 4.68 Å². The van der Waals surface area contributed by atoms with Crippen molar-refractivity contribution in [2.45, 2.75) is 31.9 Å². The number of anilines is 2. The van der Waals surface area contributed by atoms with Gasteiger partial charge < -0.3 is 15.0 Å². The van der Waals surface area contributed by atoms with Crippen molar-refractivity contribution in [2.75, 3.05) is 37.5 Å². The maximum Gasteiger partial charge on any atom is 0.115 e. The van der Waals surface area contributed by atoms with Gasteiger partial charge in [0, 0.05) is 43.2 Å². The number of hydrogen-bond acceptors (Lipinski definition) is 5. The van der Waals surface area contributed by atoms with Crippen molar-refractivity contribution >= 4 is 11.4 Å². The smallest absolute Gasteiger partial charge is 0.115 e. The van der Waals surface area contributed by atoms with E-state index in [1.54, 1.807) is 0 Å². The maximum absolute atomic E-state index is 5.83. The van der Waals surface area contributed by atoms with Crippen molar-refractivity contribution in [3.05, 3.63) is 60.3 Å². The molecule has 1 unspecified atom stereocenters. The Kier molecular flexibility index (Phi) is 6.85. The third-order valence-electron chi connectivity index (χ3n) is 5.35. The third-order valence-corrected chi connectivity index (χ3v) is 5.35. The summed E-state index contributed by atoms with van der Waals surface area (Å²) in [6, 6.07) is 16.3. The molecule has 4 rings (SSSR count). The van der Waals surface area contributed by atoms with E-state index >= 15 is 0 Å². The minimum Gasteiger partial charge on any atom is -0.377 e. The van der Waals surface area contributed by atoms with E-state index in [9.17, 15) is 0 Å². The van der Waals surface area contributed by atoms with Crippen LogP contribution < -0.4 is 10.2 Å². The van der Waals surface area contributed by atoms with Gasteiger partial charge in [0.05, 0.1) is 25.4 Å². The van der Waals surface area contributed by atoms with E-state index in [0.29, 0.717) is 6.54 Å². The van der Waals surface area contributed by atoms with Crippen molar-refractivity contribution in [2.24, 2.45) is 0 Å². The average Bonchev–Trinajstić information content (AvgIpc) is 3.26. The SMILES string of the molecule is CN(C)c1cc(C#CCNc2ccccc2)ccc1-c1cn(CC2CCCCO2)nn1. The fraction of sp³-hybridized carbons (Fsp3) is 0.360. The summed E-state index contributed by atoms with van der Waals surface area (Å²) < 4.78 is 7.73. The molecule has 2 aromatic carbocycles. The molecule has 0 radical (unpaired) electrons. The Morgan fingerprint density at radius 3 is 2.81 bits per heavy atom. The first kappa shape index (κ1) is 21.0. The predicted molar refractivity (Wildman–Crippen MR) is 125 cm³/mol. The van der Waals surface area contributed by atoms with Crippen LogP contribution in [0.4, 0.5) is 11.4 Å². The molecule has 0 spiro atoms. The molecule has 2 heterocycles. The Morgan fingerprint density at radius 1 is 1.16 bits per heavy atom. The number of aromatic nitrogens is 3. The molecule has 1 aromatic heterocycles. The van der Waals surface area contributed by atoms with Crippen molar-refractivity contribution in [1.29, 1.82) is 0 Å². The molecule has 1 atom stereocenters. The molecule has 6 heteroatoms. The number of para-hydroxylation sites is 1. The number of ether oxygens (including phenoxy) is 1. The minimum absolute atomic E-state index is 0.235. The molecule has 0 saturated carbocycles. The van der Waals surface area contributed by atoms with Crippen molar-refractivity contribution in [1.82, 2.24) is 15.0 Å². The van der Waals surface area contributed by atoms with Crippen LogP contribution in [0.15, 0.2) is 54.7 Å². The lowest BCUT2D eigenvalue weighted by molar-refractivity contribution is 0.00370. The van der Waals surface area contributed by atoms with E-state index in [0.717, 1.165) is 54.2 Å². The molecule has 160 valence electrons. The van der Waals surface area contributed by atoms with Crippen molar-refractivity contribution in [3.63, 3.8) is 0 Å². The lowest BCUT2D eigenvalue weighted by atomic mass is 10.1. The van der Waals surface area contributed by atoms with Gasteiger partial charge >= 0.3 is 0 Å². The van der Waals surface area contributed by atoms with E-state index in [2.05, 4.69) is 44.5 Å². The second-order valence-corrected chi connectivity index (χ2v) is 7.96. The molecule has 0 bridgehead atoms. The summed E-state index contributed by atoms with van der Waals surface area (Å²) in [6.45, 7) is 2.20. The predicted octanol–water partition coefficient (Wildman–Crippen LogP) is 4.04. The standard InChI is InChI=1S/C25H29N5O/c1-29(2)25-17-20(9-8-15-26-21-10-4-3-5-11-21)13-14-23(25)24-19-30(28-27-24)18-22-12-6-7-16-31-22/h3-5,10-11,13-14,17,19,22,26H,6-7,12,15-16,18H2,1-2H3. The lowest BCUT2D eigenvalue weighted by Crippen LogP contribution is -2.24. The molecule has 3 aromatic rings. The Balaban J connectivity index is 1.46. The summed E-state index contributed by atoms with van der Waals surface area (Å²) in [6.07, 6.45) is 5.71. The highest BCUT2D eigenvalue weighted by Crippen LogP contribution is 2.29. The van der Waals surface area contributed by atoms with E-state index in [4.69, 9.17) is 4.74 Å². The van der Waals surface area contributed by atoms with Gasteiger partial charge in [-0.2, -0.15) is 0 Å². The zero-order chi connectivity index (χ0) is 21.5. The quantitative estimate of drug-likeness (QED) is 0.616. The number of nitrogens with zero attached hydrogens (tertiary/aromatic N) is 4. The van der Waals surface area contributed by atoms with Crippen LogP contribution in [0.2, 0.25) is 0 Å². The summed E-state index contributed by atoms with van der Waals surface area (Å²) in [5.74, 6) is 6.45. The largest absolute Gasteiger partial charge is 0.377 e. The number of benzene rings is 2. The highest BCUT2D eigenvalue weighted by molar-refractivity contribution is 5.77. The summed E-state index contributed by atoms with van der Waals surface area (Å²) >= 11 is 0. The van der Waals surface area contributed by atoms with E-state index in [1.807, 2.05) is 61.4 Å². The zero-order valence-electron chi connectivity index (χ0n) is 18.2. The molecular weight excluding hydrogens is 386 g/mol. The highest BCUT2D eigenvalue weighted by atomic mass is 16.5. The summed E-state index contributed by atoms with van der Waals surface area (Å²) in [5, 5.41) is 12.1. The van der Waals surface area contributed by atoms with Crippen molar-refractivity contribution < 1.29 is 4.74 Å². The second-order valence-electron chi connectivity index (χ2n) is 7.96. The van der Waals surface area contributed by atoms with E-state index in [-0.39, 0.29) is 6.10 Å². The van der Waals surface area contributed by atoms with Crippen LogP contribution in [-0.2, 0) is 11.3 Å². The third kappa shape index (κ3) is 5.65. The number of rotatable bonds is 6.